The lowest BCUT2D eigenvalue weighted by Gasteiger charge is -2.18. The normalized spacial score (nSPS) is 13.2. The number of halogens is 3. The van der Waals surface area contributed by atoms with Gasteiger partial charge in [-0.05, 0) is 12.1 Å². The van der Waals surface area contributed by atoms with Gasteiger partial charge >= 0.3 is 6.18 Å². The second kappa shape index (κ2) is 4.63. The van der Waals surface area contributed by atoms with Gasteiger partial charge in [-0.3, -0.25) is 4.40 Å². The molecule has 20 heavy (non-hydrogen) atoms. The minimum atomic E-state index is -4.64. The van der Waals surface area contributed by atoms with Crippen molar-refractivity contribution >= 4 is 21.5 Å². The smallest absolute Gasteiger partial charge is 0.381 e. The fraction of sp³-hybridized carbons (Fsp3) is 0.300. The lowest BCUT2D eigenvalue weighted by molar-refractivity contribution is -0.134. The number of rotatable bonds is 3. The molecular weight excluding hydrogens is 297 g/mol. The van der Waals surface area contributed by atoms with E-state index in [9.17, 15) is 21.6 Å². The van der Waals surface area contributed by atoms with Gasteiger partial charge in [-0.15, -0.1) is 0 Å². The number of anilines is 1. The molecule has 6 nitrogen and oxygen atoms in total. The van der Waals surface area contributed by atoms with Crippen LogP contribution in [0.15, 0.2) is 29.4 Å². The SMILES string of the molecule is CN(CC(F)(F)F)S(=O)(=O)c1c(N)nc2ccccn12. The third kappa shape index (κ3) is 2.56. The maximum atomic E-state index is 12.3. The van der Waals surface area contributed by atoms with Crippen molar-refractivity contribution in [2.75, 3.05) is 19.3 Å². The Kier molecular flexibility index (Phi) is 3.38. The highest BCUT2D eigenvalue weighted by Gasteiger charge is 2.37. The molecule has 0 aliphatic carbocycles. The van der Waals surface area contributed by atoms with E-state index >= 15 is 0 Å². The van der Waals surface area contributed by atoms with Crippen LogP contribution in [-0.2, 0) is 10.0 Å². The molecule has 0 saturated carbocycles. The zero-order valence-corrected chi connectivity index (χ0v) is 11.1. The van der Waals surface area contributed by atoms with Crippen LogP contribution in [0.1, 0.15) is 0 Å². The Morgan fingerprint density at radius 2 is 2.05 bits per heavy atom. The molecule has 0 saturated heterocycles. The standard InChI is InChI=1S/C10H11F3N4O2S/c1-16(6-10(11,12)13)20(18,19)9-8(14)15-7-4-2-3-5-17(7)9/h2-5H,6,14H2,1H3. The van der Waals surface area contributed by atoms with E-state index in [0.717, 1.165) is 11.4 Å². The maximum Gasteiger partial charge on any atom is 0.402 e. The monoisotopic (exact) mass is 308 g/mol. The van der Waals surface area contributed by atoms with Crippen LogP contribution < -0.4 is 5.73 Å². The fourth-order valence-electron chi connectivity index (χ4n) is 1.73. The largest absolute Gasteiger partial charge is 0.402 e. The first kappa shape index (κ1) is 14.6. The molecular formula is C10H11F3N4O2S. The summed E-state index contributed by atoms with van der Waals surface area (Å²) in [5.41, 5.74) is 5.76. The summed E-state index contributed by atoms with van der Waals surface area (Å²) in [6.07, 6.45) is -3.27. The number of nitrogen functional groups attached to an aromatic ring is 1. The molecule has 10 heteroatoms. The summed E-state index contributed by atoms with van der Waals surface area (Å²) in [5.74, 6) is -0.342. The number of nitrogens with zero attached hydrogens (tertiary/aromatic N) is 3. The van der Waals surface area contributed by atoms with Crippen LogP contribution in [0.2, 0.25) is 0 Å². The number of nitrogens with two attached hydrogens (primary N) is 1. The van der Waals surface area contributed by atoms with Crippen molar-refractivity contribution < 1.29 is 21.6 Å². The van der Waals surface area contributed by atoms with E-state index in [-0.39, 0.29) is 15.8 Å². The van der Waals surface area contributed by atoms with Gasteiger partial charge in [0, 0.05) is 13.2 Å². The van der Waals surface area contributed by atoms with Gasteiger partial charge in [-0.25, -0.2) is 13.4 Å². The number of aromatic nitrogens is 2. The number of imidazole rings is 1. The quantitative estimate of drug-likeness (QED) is 0.920. The van der Waals surface area contributed by atoms with E-state index < -0.39 is 27.8 Å². The molecule has 0 fully saturated rings. The number of sulfonamides is 1. The van der Waals surface area contributed by atoms with Gasteiger partial charge in [0.15, 0.2) is 10.8 Å². The van der Waals surface area contributed by atoms with E-state index in [0.29, 0.717) is 0 Å². The highest BCUT2D eigenvalue weighted by atomic mass is 32.2. The van der Waals surface area contributed by atoms with Crippen LogP contribution in [0.5, 0.6) is 0 Å². The summed E-state index contributed by atoms with van der Waals surface area (Å²) in [4.78, 5) is 3.81. The summed E-state index contributed by atoms with van der Waals surface area (Å²) < 4.78 is 62.7. The van der Waals surface area contributed by atoms with E-state index in [4.69, 9.17) is 5.73 Å². The molecule has 0 radical (unpaired) electrons. The van der Waals surface area contributed by atoms with Crippen molar-refractivity contribution in [3.05, 3.63) is 24.4 Å². The van der Waals surface area contributed by atoms with E-state index in [1.807, 2.05) is 0 Å². The van der Waals surface area contributed by atoms with Crippen LogP contribution in [0.3, 0.4) is 0 Å². The molecule has 0 amide bonds. The first-order chi connectivity index (χ1) is 9.13. The molecule has 2 aromatic heterocycles. The number of alkyl halides is 3. The van der Waals surface area contributed by atoms with Crippen molar-refractivity contribution in [3.8, 4) is 0 Å². The molecule has 2 rings (SSSR count). The zero-order valence-electron chi connectivity index (χ0n) is 10.3. The van der Waals surface area contributed by atoms with Gasteiger partial charge in [0.05, 0.1) is 0 Å². The van der Waals surface area contributed by atoms with Crippen LogP contribution >= 0.6 is 0 Å². The van der Waals surface area contributed by atoms with Crippen molar-refractivity contribution in [3.63, 3.8) is 0 Å². The third-order valence-corrected chi connectivity index (χ3v) is 4.41. The Morgan fingerprint density at radius 3 is 2.65 bits per heavy atom. The van der Waals surface area contributed by atoms with Gasteiger partial charge in [-0.1, -0.05) is 6.07 Å². The van der Waals surface area contributed by atoms with Gasteiger partial charge in [0.2, 0.25) is 0 Å². The van der Waals surface area contributed by atoms with Crippen LogP contribution in [0.4, 0.5) is 19.0 Å². The predicted molar refractivity (Wildman–Crippen MR) is 65.5 cm³/mol. The van der Waals surface area contributed by atoms with Gasteiger partial charge in [0.25, 0.3) is 10.0 Å². The Labute approximate surface area is 112 Å². The summed E-state index contributed by atoms with van der Waals surface area (Å²) in [6, 6.07) is 4.63. The second-order valence-corrected chi connectivity index (χ2v) is 6.07. The second-order valence-electron chi connectivity index (χ2n) is 4.11. The lowest BCUT2D eigenvalue weighted by atomic mass is 10.5. The van der Waals surface area contributed by atoms with Crippen LogP contribution in [0, 0.1) is 0 Å². The number of fused-ring (bicyclic) bond motifs is 1. The Hall–Kier alpha value is -1.81. The van der Waals surface area contributed by atoms with Gasteiger partial charge in [-0.2, -0.15) is 17.5 Å². The first-order valence-corrected chi connectivity index (χ1v) is 6.82. The van der Waals surface area contributed by atoms with Crippen molar-refractivity contribution in [1.82, 2.24) is 13.7 Å². The molecule has 0 spiro atoms. The van der Waals surface area contributed by atoms with Crippen molar-refractivity contribution in [1.29, 1.82) is 0 Å². The molecule has 0 bridgehead atoms. The molecule has 0 aliphatic rings. The topological polar surface area (TPSA) is 80.7 Å². The molecule has 2 N–H and O–H groups in total. The average Bonchev–Trinajstić information content (AvgIpc) is 2.62. The molecule has 110 valence electrons. The predicted octanol–water partition coefficient (Wildman–Crippen LogP) is 1.10. The van der Waals surface area contributed by atoms with Crippen LogP contribution in [-0.4, -0.2) is 41.9 Å². The Bertz CT molecular complexity index is 739. The highest BCUT2D eigenvalue weighted by Crippen LogP contribution is 2.25. The first-order valence-electron chi connectivity index (χ1n) is 5.38. The maximum absolute atomic E-state index is 12.3. The number of pyridine rings is 1. The molecule has 0 unspecified atom stereocenters. The minimum absolute atomic E-state index is 0.194. The summed E-state index contributed by atoms with van der Waals surface area (Å²) in [6.45, 7) is -1.60. The fourth-order valence-corrected chi connectivity index (χ4v) is 3.06. The summed E-state index contributed by atoms with van der Waals surface area (Å²) in [7, 11) is -3.56. The van der Waals surface area contributed by atoms with Crippen molar-refractivity contribution in [2.45, 2.75) is 11.2 Å². The molecule has 2 heterocycles. The minimum Gasteiger partial charge on any atom is -0.381 e. The van der Waals surface area contributed by atoms with E-state index in [1.165, 1.54) is 18.3 Å². The van der Waals surface area contributed by atoms with Crippen LogP contribution in [0.25, 0.3) is 5.65 Å². The molecule has 0 aromatic carbocycles. The van der Waals surface area contributed by atoms with Gasteiger partial charge < -0.3 is 5.73 Å². The molecule has 2 aromatic rings. The average molecular weight is 308 g/mol. The van der Waals surface area contributed by atoms with Gasteiger partial charge in [0.1, 0.15) is 12.2 Å². The van der Waals surface area contributed by atoms with E-state index in [1.54, 1.807) is 6.07 Å². The Morgan fingerprint density at radius 1 is 1.40 bits per heavy atom. The third-order valence-electron chi connectivity index (χ3n) is 2.57. The highest BCUT2D eigenvalue weighted by molar-refractivity contribution is 7.89. The lowest BCUT2D eigenvalue weighted by Crippen LogP contribution is -2.36. The molecule has 0 aliphatic heterocycles. The van der Waals surface area contributed by atoms with E-state index in [2.05, 4.69) is 4.98 Å². The molecule has 0 atom stereocenters. The summed E-state index contributed by atoms with van der Waals surface area (Å²) in [5, 5.41) is -0.472. The zero-order chi connectivity index (χ0) is 15.1. The summed E-state index contributed by atoms with van der Waals surface area (Å²) >= 11 is 0. The number of hydrogen-bond donors (Lipinski definition) is 1. The Balaban J connectivity index is 2.55. The van der Waals surface area contributed by atoms with Crippen molar-refractivity contribution in [2.24, 2.45) is 0 Å². The number of hydrogen-bond acceptors (Lipinski definition) is 4.